The molecule has 4 nitrogen and oxygen atoms in total. The Balaban J connectivity index is 2.16. The van der Waals surface area contributed by atoms with Gasteiger partial charge in [-0.1, -0.05) is 19.8 Å². The van der Waals surface area contributed by atoms with Crippen LogP contribution in [0.5, 0.6) is 0 Å². The zero-order valence-corrected chi connectivity index (χ0v) is 9.96. The van der Waals surface area contributed by atoms with Crippen LogP contribution in [0.2, 0.25) is 0 Å². The van der Waals surface area contributed by atoms with Crippen molar-refractivity contribution in [2.45, 2.75) is 51.9 Å². The quantitative estimate of drug-likeness (QED) is 0.658. The SMILES string of the molecule is C[C@@]12CCCC[C@H]1CCC/C2=N\NC(N)=O. The molecule has 0 aromatic rings. The number of hydrazone groups is 1. The molecule has 0 unspecified atom stereocenters. The predicted octanol–water partition coefficient (Wildman–Crippen LogP) is 2.39. The van der Waals surface area contributed by atoms with Crippen LogP contribution in [0.4, 0.5) is 4.79 Å². The van der Waals surface area contributed by atoms with E-state index in [1.165, 1.54) is 38.5 Å². The van der Waals surface area contributed by atoms with Crippen molar-refractivity contribution in [3.63, 3.8) is 0 Å². The van der Waals surface area contributed by atoms with Gasteiger partial charge >= 0.3 is 6.03 Å². The molecule has 2 amide bonds. The molecule has 2 aliphatic rings. The molecule has 0 bridgehead atoms. The van der Waals surface area contributed by atoms with Crippen LogP contribution in [0.1, 0.15) is 51.9 Å². The van der Waals surface area contributed by atoms with E-state index in [4.69, 9.17) is 5.73 Å². The van der Waals surface area contributed by atoms with E-state index in [0.717, 1.165) is 18.1 Å². The highest BCUT2D eigenvalue weighted by Crippen LogP contribution is 2.48. The highest BCUT2D eigenvalue weighted by molar-refractivity contribution is 5.91. The van der Waals surface area contributed by atoms with Crippen molar-refractivity contribution in [3.8, 4) is 0 Å². The number of fused-ring (bicyclic) bond motifs is 1. The average Bonchev–Trinajstić information content (AvgIpc) is 2.25. The number of urea groups is 1. The maximum absolute atomic E-state index is 10.7. The standard InChI is InChI=1S/C12H21N3O/c1-12-8-3-2-5-9(12)6-4-7-10(12)14-15-11(13)16/h9H,2-8H2,1H3,(H3,13,15,16)/b14-10+/t9-,12+/m0/s1. The third-order valence-corrected chi connectivity index (χ3v) is 4.33. The lowest BCUT2D eigenvalue weighted by Gasteiger charge is -2.45. The summed E-state index contributed by atoms with van der Waals surface area (Å²) >= 11 is 0. The first-order valence-corrected chi connectivity index (χ1v) is 6.25. The summed E-state index contributed by atoms with van der Waals surface area (Å²) in [5, 5.41) is 4.23. The largest absolute Gasteiger partial charge is 0.350 e. The van der Waals surface area contributed by atoms with Gasteiger partial charge in [0.2, 0.25) is 0 Å². The van der Waals surface area contributed by atoms with Gasteiger partial charge in [0.1, 0.15) is 0 Å². The van der Waals surface area contributed by atoms with Crippen LogP contribution < -0.4 is 11.2 Å². The van der Waals surface area contributed by atoms with Crippen molar-refractivity contribution < 1.29 is 4.79 Å². The summed E-state index contributed by atoms with van der Waals surface area (Å²) in [6.45, 7) is 2.30. The molecular weight excluding hydrogens is 202 g/mol. The number of amides is 2. The van der Waals surface area contributed by atoms with Crippen LogP contribution in [0.3, 0.4) is 0 Å². The molecule has 2 saturated carbocycles. The van der Waals surface area contributed by atoms with Gasteiger partial charge in [-0.25, -0.2) is 10.2 Å². The lowest BCUT2D eigenvalue weighted by Crippen LogP contribution is -2.43. The summed E-state index contributed by atoms with van der Waals surface area (Å²) in [6, 6.07) is -0.561. The second kappa shape index (κ2) is 4.44. The Bertz CT molecular complexity index is 311. The fourth-order valence-corrected chi connectivity index (χ4v) is 3.36. The van der Waals surface area contributed by atoms with E-state index in [1.807, 2.05) is 0 Å². The van der Waals surface area contributed by atoms with Crippen molar-refractivity contribution in [2.75, 3.05) is 0 Å². The first kappa shape index (κ1) is 11.4. The van der Waals surface area contributed by atoms with Crippen LogP contribution in [-0.4, -0.2) is 11.7 Å². The second-order valence-electron chi connectivity index (χ2n) is 5.29. The van der Waals surface area contributed by atoms with E-state index in [2.05, 4.69) is 17.5 Å². The zero-order chi connectivity index (χ0) is 11.6. The molecule has 2 fully saturated rings. The van der Waals surface area contributed by atoms with Crippen LogP contribution in [0, 0.1) is 11.3 Å². The first-order chi connectivity index (χ1) is 7.63. The van der Waals surface area contributed by atoms with Gasteiger partial charge in [-0.15, -0.1) is 0 Å². The van der Waals surface area contributed by atoms with Gasteiger partial charge in [-0.2, -0.15) is 5.10 Å². The minimum absolute atomic E-state index is 0.207. The summed E-state index contributed by atoms with van der Waals surface area (Å²) in [5.74, 6) is 0.753. The summed E-state index contributed by atoms with van der Waals surface area (Å²) in [6.07, 6.45) is 8.65. The van der Waals surface area contributed by atoms with Crippen LogP contribution >= 0.6 is 0 Å². The van der Waals surface area contributed by atoms with E-state index in [0.29, 0.717) is 0 Å². The number of rotatable bonds is 1. The van der Waals surface area contributed by atoms with Crippen LogP contribution in [-0.2, 0) is 0 Å². The third kappa shape index (κ3) is 2.06. The van der Waals surface area contributed by atoms with Gasteiger partial charge in [-0.3, -0.25) is 0 Å². The number of hydrogen-bond donors (Lipinski definition) is 2. The molecule has 2 atom stereocenters. The second-order valence-corrected chi connectivity index (χ2v) is 5.29. The van der Waals surface area contributed by atoms with Crippen LogP contribution in [0.25, 0.3) is 0 Å². The maximum atomic E-state index is 10.7. The smallest absolute Gasteiger partial charge is 0.332 e. The number of hydrogen-bond acceptors (Lipinski definition) is 2. The normalized spacial score (nSPS) is 36.8. The highest BCUT2D eigenvalue weighted by Gasteiger charge is 2.42. The molecule has 2 rings (SSSR count). The fraction of sp³-hybridized carbons (Fsp3) is 0.833. The monoisotopic (exact) mass is 223 g/mol. The molecule has 3 N–H and O–H groups in total. The number of nitrogens with two attached hydrogens (primary N) is 1. The van der Waals surface area contributed by atoms with E-state index >= 15 is 0 Å². The molecular formula is C12H21N3O. The Morgan fingerprint density at radius 3 is 2.94 bits per heavy atom. The zero-order valence-electron chi connectivity index (χ0n) is 9.96. The highest BCUT2D eigenvalue weighted by atomic mass is 16.2. The van der Waals surface area contributed by atoms with Gasteiger partial charge in [0.05, 0.1) is 0 Å². The Hall–Kier alpha value is -1.06. The summed E-state index contributed by atoms with van der Waals surface area (Å²) in [4.78, 5) is 10.7. The van der Waals surface area contributed by atoms with Crippen molar-refractivity contribution in [1.82, 2.24) is 5.43 Å². The fourth-order valence-electron chi connectivity index (χ4n) is 3.36. The van der Waals surface area contributed by atoms with Crippen LogP contribution in [0.15, 0.2) is 5.10 Å². The predicted molar refractivity (Wildman–Crippen MR) is 64.1 cm³/mol. The molecule has 90 valence electrons. The Kier molecular flexibility index (Phi) is 3.17. The molecule has 0 saturated heterocycles. The summed E-state index contributed by atoms with van der Waals surface area (Å²) in [7, 11) is 0. The van der Waals surface area contributed by atoms with Crippen molar-refractivity contribution in [3.05, 3.63) is 0 Å². The van der Waals surface area contributed by atoms with E-state index in [-0.39, 0.29) is 5.41 Å². The van der Waals surface area contributed by atoms with Crippen molar-refractivity contribution in [2.24, 2.45) is 22.2 Å². The number of nitrogens with one attached hydrogen (secondary N) is 1. The number of carbonyl (C=O) groups excluding carboxylic acids is 1. The minimum Gasteiger partial charge on any atom is -0.350 e. The molecule has 0 spiro atoms. The molecule has 16 heavy (non-hydrogen) atoms. The molecule has 0 radical (unpaired) electrons. The molecule has 0 heterocycles. The van der Waals surface area contributed by atoms with Gasteiger partial charge in [0.25, 0.3) is 0 Å². The van der Waals surface area contributed by atoms with Gasteiger partial charge < -0.3 is 5.73 Å². The van der Waals surface area contributed by atoms with E-state index in [9.17, 15) is 4.79 Å². The molecule has 0 aliphatic heterocycles. The third-order valence-electron chi connectivity index (χ3n) is 4.33. The Labute approximate surface area is 96.7 Å². The van der Waals surface area contributed by atoms with Gasteiger partial charge in [0.15, 0.2) is 0 Å². The van der Waals surface area contributed by atoms with E-state index in [1.54, 1.807) is 0 Å². The average molecular weight is 223 g/mol. The van der Waals surface area contributed by atoms with Gasteiger partial charge in [0, 0.05) is 11.1 Å². The van der Waals surface area contributed by atoms with Gasteiger partial charge in [-0.05, 0) is 38.0 Å². The number of carbonyl (C=O) groups is 1. The topological polar surface area (TPSA) is 67.5 Å². The lowest BCUT2D eigenvalue weighted by molar-refractivity contribution is 0.161. The first-order valence-electron chi connectivity index (χ1n) is 6.25. The summed E-state index contributed by atoms with van der Waals surface area (Å²) < 4.78 is 0. The number of nitrogens with zero attached hydrogens (tertiary/aromatic N) is 1. The molecule has 0 aromatic heterocycles. The van der Waals surface area contributed by atoms with Crippen molar-refractivity contribution in [1.29, 1.82) is 0 Å². The molecule has 0 aromatic carbocycles. The minimum atomic E-state index is -0.561. The lowest BCUT2D eigenvalue weighted by atomic mass is 9.59. The maximum Gasteiger partial charge on any atom is 0.332 e. The summed E-state index contributed by atoms with van der Waals surface area (Å²) in [5.41, 5.74) is 8.83. The molecule has 4 heteroatoms. The Morgan fingerprint density at radius 1 is 1.44 bits per heavy atom. The molecule has 2 aliphatic carbocycles. The van der Waals surface area contributed by atoms with E-state index < -0.39 is 6.03 Å². The Morgan fingerprint density at radius 2 is 2.19 bits per heavy atom. The number of primary amides is 1. The van der Waals surface area contributed by atoms with Crippen molar-refractivity contribution >= 4 is 11.7 Å².